The van der Waals surface area contributed by atoms with E-state index < -0.39 is 20.9 Å². The van der Waals surface area contributed by atoms with Crippen molar-refractivity contribution in [2.24, 2.45) is 5.14 Å². The lowest BCUT2D eigenvalue weighted by Gasteiger charge is -2.36. The largest absolute Gasteiger partial charge is 0.500 e. The molecule has 1 aromatic heterocycles. The molecule has 3 rings (SSSR count). The maximum absolute atomic E-state index is 12.4. The summed E-state index contributed by atoms with van der Waals surface area (Å²) < 4.78 is 47.3. The number of hydrogen-bond acceptors (Lipinski definition) is 7. The fourth-order valence-electron chi connectivity index (χ4n) is 3.24. The monoisotopic (exact) mass is 470 g/mol. The van der Waals surface area contributed by atoms with Gasteiger partial charge in [-0.05, 0) is 40.2 Å². The number of hydrogen-bond donors (Lipinski definition) is 1. The van der Waals surface area contributed by atoms with Gasteiger partial charge in [-0.2, -0.15) is 0 Å². The van der Waals surface area contributed by atoms with E-state index in [2.05, 4.69) is 21.1 Å². The summed E-state index contributed by atoms with van der Waals surface area (Å²) in [6.07, 6.45) is 4.70. The number of primary sulfonamides is 1. The molecule has 8 nitrogen and oxygen atoms in total. The Morgan fingerprint density at radius 3 is 2.61 bits per heavy atom. The summed E-state index contributed by atoms with van der Waals surface area (Å²) in [5.74, 6) is 1.06. The molecule has 0 saturated heterocycles. The summed E-state index contributed by atoms with van der Waals surface area (Å²) in [4.78, 5) is 0. The molecule has 1 aliphatic carbocycles. The minimum absolute atomic E-state index is 0.134. The van der Waals surface area contributed by atoms with Crippen LogP contribution in [0.2, 0.25) is 0 Å². The zero-order valence-electron chi connectivity index (χ0n) is 15.4. The summed E-state index contributed by atoms with van der Waals surface area (Å²) in [5, 5.41) is 8.25. The number of allylic oxidation sites excluding steroid dienone is 2. The second-order valence-electron chi connectivity index (χ2n) is 5.99. The fraction of sp³-hybridized carbons (Fsp3) is 0.278. The second-order valence-corrected chi connectivity index (χ2v) is 8.50. The van der Waals surface area contributed by atoms with Crippen LogP contribution >= 0.6 is 15.9 Å². The molecule has 0 saturated carbocycles. The summed E-state index contributed by atoms with van der Waals surface area (Å²) in [7, 11) is 0.155. The second kappa shape index (κ2) is 7.70. The van der Waals surface area contributed by atoms with E-state index in [-0.39, 0.29) is 11.5 Å². The number of aromatic nitrogens is 1. The number of methoxy groups -OCH3 is 3. The van der Waals surface area contributed by atoms with E-state index >= 15 is 0 Å². The van der Waals surface area contributed by atoms with Gasteiger partial charge >= 0.3 is 0 Å². The molecule has 2 unspecified atom stereocenters. The molecular weight excluding hydrogens is 452 g/mol. The molecule has 0 radical (unpaired) electrons. The van der Waals surface area contributed by atoms with Crippen molar-refractivity contribution in [3.63, 3.8) is 0 Å². The third kappa shape index (κ3) is 3.37. The van der Waals surface area contributed by atoms with Crippen molar-refractivity contribution in [3.05, 3.63) is 58.4 Å². The average molecular weight is 471 g/mol. The molecule has 2 atom stereocenters. The molecule has 0 bridgehead atoms. The zero-order valence-corrected chi connectivity index (χ0v) is 17.8. The quantitative estimate of drug-likeness (QED) is 0.689. The predicted molar refractivity (Wildman–Crippen MR) is 106 cm³/mol. The van der Waals surface area contributed by atoms with Gasteiger partial charge in [0.05, 0.1) is 19.8 Å². The van der Waals surface area contributed by atoms with Crippen LogP contribution in [0.25, 0.3) is 11.3 Å². The first-order chi connectivity index (χ1) is 13.3. The topological polar surface area (TPSA) is 114 Å². The Labute approximate surface area is 171 Å². The van der Waals surface area contributed by atoms with Crippen LogP contribution in [-0.4, -0.2) is 40.2 Å². The van der Waals surface area contributed by atoms with Crippen molar-refractivity contribution in [3.8, 4) is 17.1 Å². The van der Waals surface area contributed by atoms with Crippen molar-refractivity contribution >= 4 is 26.0 Å². The maximum Gasteiger partial charge on any atom is 0.222 e. The smallest absolute Gasteiger partial charge is 0.222 e. The van der Waals surface area contributed by atoms with Gasteiger partial charge < -0.3 is 18.7 Å². The van der Waals surface area contributed by atoms with Crippen LogP contribution in [0, 0.1) is 0 Å². The Bertz CT molecular complexity index is 1050. The third-order valence-corrected chi connectivity index (χ3v) is 6.41. The molecule has 28 heavy (non-hydrogen) atoms. The lowest BCUT2D eigenvalue weighted by atomic mass is 9.89. The number of nitrogens with zero attached hydrogens (tertiary/aromatic N) is 1. The molecule has 1 heterocycles. The lowest BCUT2D eigenvalue weighted by Crippen LogP contribution is -2.50. The van der Waals surface area contributed by atoms with Gasteiger partial charge in [0.25, 0.3) is 0 Å². The van der Waals surface area contributed by atoms with Gasteiger partial charge in [-0.3, -0.25) is 0 Å². The highest BCUT2D eigenvalue weighted by molar-refractivity contribution is 9.10. The van der Waals surface area contributed by atoms with Gasteiger partial charge in [0.1, 0.15) is 17.2 Å². The number of benzene rings is 1. The van der Waals surface area contributed by atoms with Gasteiger partial charge in [-0.25, -0.2) is 13.6 Å². The number of sulfonamides is 1. The summed E-state index contributed by atoms with van der Waals surface area (Å²) in [5.41, 5.74) is -0.672. The summed E-state index contributed by atoms with van der Waals surface area (Å²) in [6, 6.07) is 7.00. The van der Waals surface area contributed by atoms with Crippen LogP contribution in [0.5, 0.6) is 5.75 Å². The Morgan fingerprint density at radius 1 is 1.25 bits per heavy atom. The van der Waals surface area contributed by atoms with E-state index in [0.29, 0.717) is 17.1 Å². The van der Waals surface area contributed by atoms with Crippen LogP contribution in [0.4, 0.5) is 0 Å². The standard InChI is InChI=1S/C18H19BrN2O6S/c1-24-12-7-4-6-11(19)16(12)14-10-15(21-27-14)18(26-3)9-5-8-13(25-2)17(18)28(20,22)23/h4-10,17H,1-3H3,(H2,20,22,23). The Morgan fingerprint density at radius 2 is 2.00 bits per heavy atom. The van der Waals surface area contributed by atoms with Crippen LogP contribution < -0.4 is 9.88 Å². The molecule has 0 amide bonds. The minimum atomic E-state index is -4.12. The normalized spacial score (nSPS) is 22.0. The van der Waals surface area contributed by atoms with Gasteiger partial charge in [-0.1, -0.05) is 17.3 Å². The third-order valence-electron chi connectivity index (χ3n) is 4.51. The van der Waals surface area contributed by atoms with Crippen molar-refractivity contribution in [1.29, 1.82) is 0 Å². The van der Waals surface area contributed by atoms with E-state index in [9.17, 15) is 8.42 Å². The minimum Gasteiger partial charge on any atom is -0.500 e. The van der Waals surface area contributed by atoms with Crippen molar-refractivity contribution in [2.45, 2.75) is 10.9 Å². The molecule has 2 aromatic rings. The zero-order chi connectivity index (χ0) is 20.5. The molecule has 1 aliphatic rings. The molecule has 150 valence electrons. The van der Waals surface area contributed by atoms with Crippen LogP contribution in [-0.2, 0) is 25.1 Å². The highest BCUT2D eigenvalue weighted by atomic mass is 79.9. The van der Waals surface area contributed by atoms with E-state index in [0.717, 1.165) is 4.47 Å². The van der Waals surface area contributed by atoms with Gasteiger partial charge in [-0.15, -0.1) is 0 Å². The maximum atomic E-state index is 12.4. The van der Waals surface area contributed by atoms with Crippen molar-refractivity contribution < 1.29 is 27.2 Å². The number of rotatable bonds is 6. The number of nitrogens with two attached hydrogens (primary N) is 1. The van der Waals surface area contributed by atoms with E-state index in [1.165, 1.54) is 27.4 Å². The molecule has 0 fully saturated rings. The molecule has 2 N–H and O–H groups in total. The van der Waals surface area contributed by atoms with Gasteiger partial charge in [0, 0.05) is 17.6 Å². The van der Waals surface area contributed by atoms with Gasteiger partial charge in [0.2, 0.25) is 10.0 Å². The highest BCUT2D eigenvalue weighted by Crippen LogP contribution is 2.43. The molecule has 1 aromatic carbocycles. The van der Waals surface area contributed by atoms with E-state index in [4.69, 9.17) is 23.9 Å². The lowest BCUT2D eigenvalue weighted by molar-refractivity contribution is 0.0138. The van der Waals surface area contributed by atoms with E-state index in [1.807, 2.05) is 12.1 Å². The SMILES string of the molecule is COC1=CC=CC(OC)(c2cc(-c3c(Br)cccc3OC)on2)C1S(N)(=O)=O. The highest BCUT2D eigenvalue weighted by Gasteiger charge is 2.51. The van der Waals surface area contributed by atoms with Crippen molar-refractivity contribution in [2.75, 3.05) is 21.3 Å². The average Bonchev–Trinajstić information content (AvgIpc) is 3.16. The Balaban J connectivity index is 2.18. The van der Waals surface area contributed by atoms with Crippen molar-refractivity contribution in [1.82, 2.24) is 5.16 Å². The summed E-state index contributed by atoms with van der Waals surface area (Å²) in [6.45, 7) is 0. The molecular formula is C18H19BrN2O6S. The van der Waals surface area contributed by atoms with Gasteiger partial charge in [0.15, 0.2) is 16.6 Å². The fourth-order valence-corrected chi connectivity index (χ4v) is 5.07. The first kappa shape index (κ1) is 20.6. The number of ether oxygens (including phenoxy) is 3. The molecule has 0 spiro atoms. The molecule has 0 aliphatic heterocycles. The molecule has 10 heteroatoms. The Hall–Kier alpha value is -2.14. The number of halogens is 1. The van der Waals surface area contributed by atoms with Crippen LogP contribution in [0.15, 0.2) is 57.2 Å². The van der Waals surface area contributed by atoms with Crippen LogP contribution in [0.1, 0.15) is 5.69 Å². The first-order valence-electron chi connectivity index (χ1n) is 8.08. The first-order valence-corrected chi connectivity index (χ1v) is 10.5. The predicted octanol–water partition coefficient (Wildman–Crippen LogP) is 2.71. The Kier molecular flexibility index (Phi) is 5.67. The van der Waals surface area contributed by atoms with Crippen LogP contribution in [0.3, 0.4) is 0 Å². The van der Waals surface area contributed by atoms with E-state index in [1.54, 1.807) is 24.3 Å². The summed E-state index contributed by atoms with van der Waals surface area (Å²) >= 11 is 3.47.